The first-order valence-corrected chi connectivity index (χ1v) is 10.7. The topological polar surface area (TPSA) is 77.2 Å². The lowest BCUT2D eigenvalue weighted by atomic mass is 10.0. The summed E-state index contributed by atoms with van der Waals surface area (Å²) < 4.78 is 11.1. The molecule has 1 unspecified atom stereocenters. The summed E-state index contributed by atoms with van der Waals surface area (Å²) in [7, 11) is 0. The monoisotopic (exact) mass is 445 g/mol. The molecule has 0 aliphatic heterocycles. The van der Waals surface area contributed by atoms with Crippen LogP contribution in [0.25, 0.3) is 0 Å². The second-order valence-corrected chi connectivity index (χ2v) is 9.53. The average Bonchev–Trinajstić information content (AvgIpc) is 3.00. The van der Waals surface area contributed by atoms with Gasteiger partial charge in [0.2, 0.25) is 5.89 Å². The van der Waals surface area contributed by atoms with Crippen molar-refractivity contribution < 1.29 is 13.9 Å². The van der Waals surface area contributed by atoms with Crippen molar-refractivity contribution in [2.24, 2.45) is 5.92 Å². The van der Waals surface area contributed by atoms with Gasteiger partial charge in [-0.25, -0.2) is 4.79 Å². The standard InChI is InChI=1S/C19H25Cl2N3O3S/c1-11(2)8-15(22-17(25)27-19(3,4)5)16-23-24-18(26-16)28-10-12-6-7-13(20)9-14(12)21/h6-7,9,11,15H,8,10H2,1-5H3,(H,22,25). The molecule has 0 bridgehead atoms. The lowest BCUT2D eigenvalue weighted by molar-refractivity contribution is 0.0487. The van der Waals surface area contributed by atoms with Crippen LogP contribution in [0.3, 0.4) is 0 Å². The summed E-state index contributed by atoms with van der Waals surface area (Å²) in [5.74, 6) is 1.23. The lowest BCUT2D eigenvalue weighted by Crippen LogP contribution is -2.35. The number of ether oxygens (including phenoxy) is 1. The van der Waals surface area contributed by atoms with Crippen LogP contribution >= 0.6 is 35.0 Å². The van der Waals surface area contributed by atoms with Crippen LogP contribution in [0.15, 0.2) is 27.8 Å². The van der Waals surface area contributed by atoms with Gasteiger partial charge in [0.05, 0.1) is 0 Å². The molecule has 0 spiro atoms. The Kier molecular flexibility index (Phi) is 8.04. The zero-order valence-corrected chi connectivity index (χ0v) is 18.9. The highest BCUT2D eigenvalue weighted by Crippen LogP contribution is 2.29. The minimum Gasteiger partial charge on any atom is -0.444 e. The Morgan fingerprint density at radius 3 is 2.61 bits per heavy atom. The van der Waals surface area contributed by atoms with Crippen LogP contribution in [-0.4, -0.2) is 21.9 Å². The molecule has 0 radical (unpaired) electrons. The van der Waals surface area contributed by atoms with Crippen molar-refractivity contribution >= 4 is 41.1 Å². The molecule has 0 fully saturated rings. The fourth-order valence-electron chi connectivity index (χ4n) is 2.34. The smallest absolute Gasteiger partial charge is 0.408 e. The number of benzene rings is 1. The molecular weight excluding hydrogens is 421 g/mol. The van der Waals surface area contributed by atoms with Crippen molar-refractivity contribution in [1.29, 1.82) is 0 Å². The Hall–Kier alpha value is -1.44. The van der Waals surface area contributed by atoms with Gasteiger partial charge in [-0.15, -0.1) is 10.2 Å². The quantitative estimate of drug-likeness (QED) is 0.505. The summed E-state index contributed by atoms with van der Waals surface area (Å²) in [5.41, 5.74) is 0.335. The summed E-state index contributed by atoms with van der Waals surface area (Å²) in [6, 6.07) is 4.92. The minimum absolute atomic E-state index is 0.316. The molecule has 1 atom stereocenters. The maximum atomic E-state index is 12.2. The highest BCUT2D eigenvalue weighted by atomic mass is 35.5. The van der Waals surface area contributed by atoms with E-state index in [0.29, 0.717) is 39.3 Å². The number of carbonyl (C=O) groups excluding carboxylic acids is 1. The van der Waals surface area contributed by atoms with E-state index in [9.17, 15) is 4.79 Å². The predicted molar refractivity (Wildman–Crippen MR) is 112 cm³/mol. The van der Waals surface area contributed by atoms with E-state index in [-0.39, 0.29) is 0 Å². The third-order valence-corrected chi connectivity index (χ3v) is 4.94. The number of hydrogen-bond acceptors (Lipinski definition) is 6. The number of amides is 1. The Morgan fingerprint density at radius 1 is 1.29 bits per heavy atom. The summed E-state index contributed by atoms with van der Waals surface area (Å²) in [6.07, 6.45) is 0.132. The van der Waals surface area contributed by atoms with Crippen LogP contribution in [0.5, 0.6) is 0 Å². The van der Waals surface area contributed by atoms with E-state index < -0.39 is 17.7 Å². The van der Waals surface area contributed by atoms with Gasteiger partial charge in [0.25, 0.3) is 5.22 Å². The number of thioether (sulfide) groups is 1. The number of nitrogens with zero attached hydrogens (tertiary/aromatic N) is 2. The zero-order valence-electron chi connectivity index (χ0n) is 16.6. The summed E-state index contributed by atoms with van der Waals surface area (Å²) in [6.45, 7) is 9.55. The molecule has 6 nitrogen and oxygen atoms in total. The van der Waals surface area contributed by atoms with E-state index in [1.165, 1.54) is 11.8 Å². The third-order valence-electron chi connectivity index (χ3n) is 3.48. The molecule has 1 aromatic heterocycles. The van der Waals surface area contributed by atoms with Gasteiger partial charge in [0.15, 0.2) is 0 Å². The highest BCUT2D eigenvalue weighted by molar-refractivity contribution is 7.98. The minimum atomic E-state index is -0.583. The number of halogens is 2. The largest absolute Gasteiger partial charge is 0.444 e. The molecule has 1 amide bonds. The van der Waals surface area contributed by atoms with Crippen molar-refractivity contribution in [2.45, 2.75) is 63.7 Å². The van der Waals surface area contributed by atoms with E-state index in [1.54, 1.807) is 12.1 Å². The van der Waals surface area contributed by atoms with Gasteiger partial charge in [0, 0.05) is 15.8 Å². The molecule has 1 heterocycles. The Bertz CT molecular complexity index is 806. The zero-order chi connectivity index (χ0) is 20.9. The molecular formula is C19H25Cl2N3O3S. The van der Waals surface area contributed by atoms with Gasteiger partial charge in [-0.1, -0.05) is 54.9 Å². The lowest BCUT2D eigenvalue weighted by Gasteiger charge is -2.22. The van der Waals surface area contributed by atoms with Crippen molar-refractivity contribution in [2.75, 3.05) is 0 Å². The molecule has 1 N–H and O–H groups in total. The summed E-state index contributed by atoms with van der Waals surface area (Å²) in [4.78, 5) is 12.2. The fraction of sp³-hybridized carbons (Fsp3) is 0.526. The number of alkyl carbamates (subject to hydrolysis) is 1. The maximum Gasteiger partial charge on any atom is 0.408 e. The summed E-state index contributed by atoms with van der Waals surface area (Å²) in [5, 5.41) is 12.6. The van der Waals surface area contributed by atoms with Crippen LogP contribution in [0.2, 0.25) is 10.0 Å². The van der Waals surface area contributed by atoms with Crippen LogP contribution in [0, 0.1) is 5.92 Å². The predicted octanol–water partition coefficient (Wildman–Crippen LogP) is 6.28. The summed E-state index contributed by atoms with van der Waals surface area (Å²) >= 11 is 13.5. The first kappa shape index (κ1) is 22.8. The van der Waals surface area contributed by atoms with Crippen LogP contribution < -0.4 is 5.32 Å². The van der Waals surface area contributed by atoms with Gasteiger partial charge < -0.3 is 14.5 Å². The van der Waals surface area contributed by atoms with E-state index in [2.05, 4.69) is 29.4 Å². The Morgan fingerprint density at radius 2 is 2.00 bits per heavy atom. The molecule has 2 aromatic rings. The Labute approximate surface area is 179 Å². The van der Waals surface area contributed by atoms with Gasteiger partial charge in [-0.3, -0.25) is 0 Å². The number of rotatable bonds is 7. The second-order valence-electron chi connectivity index (χ2n) is 7.76. The van der Waals surface area contributed by atoms with E-state index in [0.717, 1.165) is 5.56 Å². The highest BCUT2D eigenvalue weighted by Gasteiger charge is 2.25. The number of hydrogen-bond donors (Lipinski definition) is 1. The molecule has 0 saturated heterocycles. The van der Waals surface area contributed by atoms with Gasteiger partial charge >= 0.3 is 6.09 Å². The fourth-order valence-corrected chi connectivity index (χ4v) is 3.67. The van der Waals surface area contributed by atoms with Crippen LogP contribution in [-0.2, 0) is 10.5 Å². The molecule has 0 saturated carbocycles. The molecule has 2 rings (SSSR count). The average molecular weight is 446 g/mol. The molecule has 154 valence electrons. The first-order chi connectivity index (χ1) is 13.0. The van der Waals surface area contributed by atoms with E-state index in [1.807, 2.05) is 26.8 Å². The SMILES string of the molecule is CC(C)CC(NC(=O)OC(C)(C)C)c1nnc(SCc2ccc(Cl)cc2Cl)o1. The number of nitrogens with one attached hydrogen (secondary N) is 1. The molecule has 28 heavy (non-hydrogen) atoms. The van der Waals surface area contributed by atoms with E-state index in [4.69, 9.17) is 32.4 Å². The third kappa shape index (κ3) is 7.53. The van der Waals surface area contributed by atoms with Crippen molar-refractivity contribution in [1.82, 2.24) is 15.5 Å². The van der Waals surface area contributed by atoms with Gasteiger partial charge in [0.1, 0.15) is 11.6 Å². The van der Waals surface area contributed by atoms with Crippen molar-refractivity contribution in [3.8, 4) is 0 Å². The Balaban J connectivity index is 2.05. The molecule has 1 aromatic carbocycles. The number of aromatic nitrogens is 2. The normalized spacial score (nSPS) is 12.9. The maximum absolute atomic E-state index is 12.2. The molecule has 9 heteroatoms. The van der Waals surface area contributed by atoms with Crippen LogP contribution in [0.4, 0.5) is 4.79 Å². The number of carbonyl (C=O) groups is 1. The van der Waals surface area contributed by atoms with Gasteiger partial charge in [-0.2, -0.15) is 0 Å². The second kappa shape index (κ2) is 9.85. The van der Waals surface area contributed by atoms with Crippen molar-refractivity contribution in [3.63, 3.8) is 0 Å². The van der Waals surface area contributed by atoms with Crippen LogP contribution in [0.1, 0.15) is 58.5 Å². The van der Waals surface area contributed by atoms with Crippen molar-refractivity contribution in [3.05, 3.63) is 39.7 Å². The first-order valence-electron chi connectivity index (χ1n) is 8.93. The van der Waals surface area contributed by atoms with E-state index >= 15 is 0 Å². The molecule has 0 aliphatic rings. The van der Waals surface area contributed by atoms with Gasteiger partial charge in [-0.05, 0) is 50.8 Å². The molecule has 0 aliphatic carbocycles.